The molecule has 3 rings (SSSR count). The molecule has 0 radical (unpaired) electrons. The van der Waals surface area contributed by atoms with Crippen LogP contribution in [0.2, 0.25) is 0 Å². The molecule has 9 nitrogen and oxygen atoms in total. The molecule has 9 heteroatoms. The molecule has 1 saturated heterocycles. The van der Waals surface area contributed by atoms with Crippen LogP contribution in [0.4, 0.5) is 11.4 Å². The highest BCUT2D eigenvalue weighted by atomic mass is 16.6. The Balaban J connectivity index is 1.52. The van der Waals surface area contributed by atoms with Crippen molar-refractivity contribution in [2.45, 2.75) is 6.04 Å². The number of rotatable bonds is 7. The third-order valence-electron chi connectivity index (χ3n) is 5.04. The van der Waals surface area contributed by atoms with Gasteiger partial charge in [0.1, 0.15) is 6.04 Å². The SMILES string of the molecule is O=C(C=Cc1ccccc1)N[C@@H](CO)C(=O)N1CCN(c2ccc([N+](=O)[O-])cc2)CC1. The topological polar surface area (TPSA) is 116 Å². The first-order valence-electron chi connectivity index (χ1n) is 9.90. The number of hydrogen-bond acceptors (Lipinski definition) is 6. The van der Waals surface area contributed by atoms with Gasteiger partial charge in [0.25, 0.3) is 5.69 Å². The minimum Gasteiger partial charge on any atom is -0.394 e. The number of nitro benzene ring substituents is 1. The minimum atomic E-state index is -1.01. The van der Waals surface area contributed by atoms with Crippen LogP contribution >= 0.6 is 0 Å². The van der Waals surface area contributed by atoms with Crippen LogP contribution in [0.15, 0.2) is 60.7 Å². The standard InChI is InChI=1S/C22H24N4O5/c27-16-20(23-21(28)11-6-17-4-2-1-3-5-17)22(29)25-14-12-24(13-15-25)18-7-9-19(10-8-18)26(30)31/h1-11,20,27H,12-16H2,(H,23,28)/t20-/m0/s1. The number of nitro groups is 1. The Bertz CT molecular complexity index is 938. The number of nitrogens with zero attached hydrogens (tertiary/aromatic N) is 3. The van der Waals surface area contributed by atoms with Crippen LogP contribution in [0.3, 0.4) is 0 Å². The van der Waals surface area contributed by atoms with E-state index < -0.39 is 23.5 Å². The van der Waals surface area contributed by atoms with Crippen molar-refractivity contribution in [2.75, 3.05) is 37.7 Å². The van der Waals surface area contributed by atoms with Gasteiger partial charge in [-0.15, -0.1) is 0 Å². The fourth-order valence-electron chi connectivity index (χ4n) is 3.33. The van der Waals surface area contributed by atoms with Gasteiger partial charge in [-0.1, -0.05) is 30.3 Å². The summed E-state index contributed by atoms with van der Waals surface area (Å²) in [5.41, 5.74) is 1.73. The maximum Gasteiger partial charge on any atom is 0.269 e. The van der Waals surface area contributed by atoms with E-state index in [1.54, 1.807) is 23.1 Å². The van der Waals surface area contributed by atoms with Crippen LogP contribution in [0.5, 0.6) is 0 Å². The van der Waals surface area contributed by atoms with Crippen molar-refractivity contribution in [1.29, 1.82) is 0 Å². The van der Waals surface area contributed by atoms with E-state index in [1.807, 2.05) is 35.2 Å². The van der Waals surface area contributed by atoms with E-state index in [1.165, 1.54) is 18.2 Å². The van der Waals surface area contributed by atoms with Crippen molar-refractivity contribution in [2.24, 2.45) is 0 Å². The molecule has 1 fully saturated rings. The van der Waals surface area contributed by atoms with Crippen LogP contribution in [-0.4, -0.2) is 65.6 Å². The average molecular weight is 424 g/mol. The number of piperazine rings is 1. The molecule has 0 saturated carbocycles. The largest absolute Gasteiger partial charge is 0.394 e. The zero-order valence-electron chi connectivity index (χ0n) is 16.9. The quantitative estimate of drug-likeness (QED) is 0.395. The summed E-state index contributed by atoms with van der Waals surface area (Å²) < 4.78 is 0. The van der Waals surface area contributed by atoms with Gasteiger partial charge in [-0.25, -0.2) is 0 Å². The highest BCUT2D eigenvalue weighted by molar-refractivity contribution is 5.95. The molecule has 162 valence electrons. The highest BCUT2D eigenvalue weighted by Crippen LogP contribution is 2.20. The first-order valence-corrected chi connectivity index (χ1v) is 9.90. The minimum absolute atomic E-state index is 0.0282. The van der Waals surface area contributed by atoms with Crippen molar-refractivity contribution >= 4 is 29.3 Å². The lowest BCUT2D eigenvalue weighted by atomic mass is 10.2. The van der Waals surface area contributed by atoms with Crippen molar-refractivity contribution in [1.82, 2.24) is 10.2 Å². The number of aliphatic hydroxyl groups excluding tert-OH is 1. The number of amides is 2. The van der Waals surface area contributed by atoms with E-state index in [0.29, 0.717) is 26.2 Å². The van der Waals surface area contributed by atoms with Gasteiger partial charge in [0.05, 0.1) is 11.5 Å². The molecule has 1 atom stereocenters. The van der Waals surface area contributed by atoms with Gasteiger partial charge >= 0.3 is 0 Å². The zero-order valence-corrected chi connectivity index (χ0v) is 16.9. The molecule has 1 aliphatic heterocycles. The smallest absolute Gasteiger partial charge is 0.269 e. The molecule has 31 heavy (non-hydrogen) atoms. The lowest BCUT2D eigenvalue weighted by molar-refractivity contribution is -0.384. The molecule has 0 aliphatic carbocycles. The molecular formula is C22H24N4O5. The Morgan fingerprint density at radius 3 is 2.29 bits per heavy atom. The normalized spacial score (nSPS) is 15.0. The van der Waals surface area contributed by atoms with Gasteiger partial charge in [-0.2, -0.15) is 0 Å². The van der Waals surface area contributed by atoms with Gasteiger partial charge < -0.3 is 20.2 Å². The van der Waals surface area contributed by atoms with Crippen LogP contribution in [0.25, 0.3) is 6.08 Å². The lowest BCUT2D eigenvalue weighted by Crippen LogP contribution is -2.56. The van der Waals surface area contributed by atoms with Crippen molar-refractivity contribution in [3.8, 4) is 0 Å². The van der Waals surface area contributed by atoms with E-state index in [0.717, 1.165) is 11.3 Å². The molecule has 1 heterocycles. The maximum absolute atomic E-state index is 12.7. The second-order valence-corrected chi connectivity index (χ2v) is 7.07. The molecule has 2 N–H and O–H groups in total. The number of aliphatic hydroxyl groups is 1. The molecule has 0 spiro atoms. The molecule has 0 bridgehead atoms. The van der Waals surface area contributed by atoms with Gasteiger partial charge in [0.2, 0.25) is 11.8 Å². The fraction of sp³-hybridized carbons (Fsp3) is 0.273. The summed E-state index contributed by atoms with van der Waals surface area (Å²) >= 11 is 0. The molecule has 0 aromatic heterocycles. The van der Waals surface area contributed by atoms with Gasteiger partial charge in [-0.3, -0.25) is 19.7 Å². The number of anilines is 1. The van der Waals surface area contributed by atoms with E-state index >= 15 is 0 Å². The van der Waals surface area contributed by atoms with E-state index in [2.05, 4.69) is 5.32 Å². The van der Waals surface area contributed by atoms with Crippen molar-refractivity contribution in [3.63, 3.8) is 0 Å². The monoisotopic (exact) mass is 424 g/mol. The molecule has 0 unspecified atom stereocenters. The molecule has 2 aromatic rings. The predicted molar refractivity (Wildman–Crippen MR) is 116 cm³/mol. The fourth-order valence-corrected chi connectivity index (χ4v) is 3.33. The summed E-state index contributed by atoms with van der Waals surface area (Å²) in [6, 6.07) is 14.5. The molecule has 1 aliphatic rings. The third-order valence-corrected chi connectivity index (χ3v) is 5.04. The summed E-state index contributed by atoms with van der Waals surface area (Å²) in [7, 11) is 0. The van der Waals surface area contributed by atoms with Gasteiger partial charge in [-0.05, 0) is 23.8 Å². The summed E-state index contributed by atoms with van der Waals surface area (Å²) in [5, 5.41) is 22.9. The Kier molecular flexibility index (Phi) is 7.34. The van der Waals surface area contributed by atoms with Gasteiger partial charge in [0.15, 0.2) is 0 Å². The number of nitrogens with one attached hydrogen (secondary N) is 1. The van der Waals surface area contributed by atoms with Crippen molar-refractivity contribution < 1.29 is 19.6 Å². The predicted octanol–water partition coefficient (Wildman–Crippen LogP) is 1.43. The van der Waals surface area contributed by atoms with Crippen LogP contribution in [0, 0.1) is 10.1 Å². The Morgan fingerprint density at radius 1 is 1.06 bits per heavy atom. The average Bonchev–Trinajstić information content (AvgIpc) is 2.81. The van der Waals surface area contributed by atoms with E-state index in [4.69, 9.17) is 0 Å². The van der Waals surface area contributed by atoms with E-state index in [-0.39, 0.29) is 11.6 Å². The van der Waals surface area contributed by atoms with Crippen molar-refractivity contribution in [3.05, 3.63) is 76.4 Å². The number of hydrogen-bond donors (Lipinski definition) is 2. The molecule has 2 aromatic carbocycles. The summed E-state index contributed by atoms with van der Waals surface area (Å²) in [4.78, 5) is 38.9. The first-order chi connectivity index (χ1) is 15.0. The zero-order chi connectivity index (χ0) is 22.2. The first kappa shape index (κ1) is 22.0. The third kappa shape index (κ3) is 5.89. The van der Waals surface area contributed by atoms with E-state index in [9.17, 15) is 24.8 Å². The number of carbonyl (C=O) groups is 2. The molecule has 2 amide bonds. The summed E-state index contributed by atoms with van der Waals surface area (Å²) in [6.07, 6.45) is 2.97. The summed E-state index contributed by atoms with van der Waals surface area (Å²) in [6.45, 7) is 1.43. The summed E-state index contributed by atoms with van der Waals surface area (Å²) in [5.74, 6) is -0.798. The second-order valence-electron chi connectivity index (χ2n) is 7.07. The van der Waals surface area contributed by atoms with Crippen LogP contribution in [-0.2, 0) is 9.59 Å². The molecular weight excluding hydrogens is 400 g/mol. The number of non-ortho nitro benzene ring substituents is 1. The van der Waals surface area contributed by atoms with Crippen LogP contribution < -0.4 is 10.2 Å². The Morgan fingerprint density at radius 2 is 1.71 bits per heavy atom. The highest BCUT2D eigenvalue weighted by Gasteiger charge is 2.28. The van der Waals surface area contributed by atoms with Gasteiger partial charge in [0, 0.05) is 50.1 Å². The number of benzene rings is 2. The Hall–Kier alpha value is -3.72. The second kappa shape index (κ2) is 10.4. The van der Waals surface area contributed by atoms with Crippen LogP contribution in [0.1, 0.15) is 5.56 Å². The Labute approximate surface area is 179 Å². The maximum atomic E-state index is 12.7. The lowest BCUT2D eigenvalue weighted by Gasteiger charge is -2.37. The number of carbonyl (C=O) groups excluding carboxylic acids is 2.